The normalized spacial score (nSPS) is 16.0. The van der Waals surface area contributed by atoms with E-state index in [0.717, 1.165) is 30.1 Å². The number of aromatic nitrogens is 1. The maximum atomic E-state index is 11.4. The van der Waals surface area contributed by atoms with Crippen LogP contribution in [-0.2, 0) is 11.3 Å². The number of carbonyl (C=O) groups excluding carboxylic acids is 1. The van der Waals surface area contributed by atoms with E-state index < -0.39 is 6.61 Å². The van der Waals surface area contributed by atoms with Crippen molar-refractivity contribution in [3.8, 4) is 11.3 Å². The Morgan fingerprint density at radius 3 is 2.59 bits per heavy atom. The van der Waals surface area contributed by atoms with Crippen LogP contribution in [0.3, 0.4) is 0 Å². The molecular weight excluding hydrogens is 282 g/mol. The van der Waals surface area contributed by atoms with Gasteiger partial charge in [0.25, 0.3) is 0 Å². The molecule has 116 valence electrons. The van der Waals surface area contributed by atoms with Gasteiger partial charge in [-0.1, -0.05) is 35.5 Å². The predicted molar refractivity (Wildman–Crippen MR) is 80.9 cm³/mol. The lowest BCUT2D eigenvalue weighted by molar-refractivity contribution is -0.136. The molecule has 1 N–H and O–H groups in total. The molecule has 2 heterocycles. The summed E-state index contributed by atoms with van der Waals surface area (Å²) in [5.41, 5.74) is 1.88. The number of amides is 1. The largest absolute Gasteiger partial charge is 0.387 e. The van der Waals surface area contributed by atoms with E-state index in [4.69, 9.17) is 9.63 Å². The van der Waals surface area contributed by atoms with Crippen molar-refractivity contribution in [3.63, 3.8) is 0 Å². The summed E-state index contributed by atoms with van der Waals surface area (Å²) in [6.45, 7) is 3.09. The van der Waals surface area contributed by atoms with Gasteiger partial charge in [0.15, 0.2) is 5.76 Å². The fraction of sp³-hybridized carbons (Fsp3) is 0.375. The molecule has 1 aromatic carbocycles. The third-order valence-corrected chi connectivity index (χ3v) is 3.87. The van der Waals surface area contributed by atoms with Crippen LogP contribution in [0.25, 0.3) is 11.3 Å². The first kappa shape index (κ1) is 14.7. The molecule has 1 fully saturated rings. The van der Waals surface area contributed by atoms with Crippen molar-refractivity contribution in [1.82, 2.24) is 15.0 Å². The third kappa shape index (κ3) is 3.35. The van der Waals surface area contributed by atoms with Gasteiger partial charge in [0.05, 0.1) is 6.54 Å². The van der Waals surface area contributed by atoms with Gasteiger partial charge in [-0.15, -0.1) is 0 Å². The Labute approximate surface area is 128 Å². The summed E-state index contributed by atoms with van der Waals surface area (Å²) in [6, 6.07) is 11.9. The lowest BCUT2D eigenvalue weighted by Gasteiger charge is -2.33. The van der Waals surface area contributed by atoms with Crippen molar-refractivity contribution in [2.24, 2.45) is 0 Å². The lowest BCUT2D eigenvalue weighted by Crippen LogP contribution is -2.49. The number of piperazine rings is 1. The molecule has 1 amide bonds. The van der Waals surface area contributed by atoms with E-state index >= 15 is 0 Å². The zero-order valence-electron chi connectivity index (χ0n) is 12.3. The molecule has 0 atom stereocenters. The van der Waals surface area contributed by atoms with Crippen LogP contribution in [0.15, 0.2) is 40.9 Å². The van der Waals surface area contributed by atoms with Gasteiger partial charge in [0, 0.05) is 37.8 Å². The summed E-state index contributed by atoms with van der Waals surface area (Å²) in [5, 5.41) is 13.0. The van der Waals surface area contributed by atoms with E-state index in [1.807, 2.05) is 36.4 Å². The summed E-state index contributed by atoms with van der Waals surface area (Å²) in [4.78, 5) is 15.3. The van der Waals surface area contributed by atoms with Crippen LogP contribution < -0.4 is 0 Å². The van der Waals surface area contributed by atoms with E-state index in [9.17, 15) is 4.79 Å². The van der Waals surface area contributed by atoms with Crippen LogP contribution in [0.5, 0.6) is 0 Å². The van der Waals surface area contributed by atoms with Gasteiger partial charge in [-0.25, -0.2) is 0 Å². The molecule has 1 aliphatic rings. The van der Waals surface area contributed by atoms with Crippen molar-refractivity contribution in [3.05, 3.63) is 42.2 Å². The van der Waals surface area contributed by atoms with Gasteiger partial charge in [0.2, 0.25) is 5.91 Å². The van der Waals surface area contributed by atoms with E-state index in [1.54, 1.807) is 4.90 Å². The molecule has 0 aliphatic carbocycles. The summed E-state index contributed by atoms with van der Waals surface area (Å²) in [6.07, 6.45) is 0. The minimum absolute atomic E-state index is 0.203. The van der Waals surface area contributed by atoms with E-state index in [2.05, 4.69) is 10.1 Å². The van der Waals surface area contributed by atoms with E-state index in [0.29, 0.717) is 19.6 Å². The van der Waals surface area contributed by atoms with E-state index in [-0.39, 0.29) is 5.91 Å². The summed E-state index contributed by atoms with van der Waals surface area (Å²) >= 11 is 0. The molecule has 3 rings (SSSR count). The van der Waals surface area contributed by atoms with Gasteiger partial charge < -0.3 is 14.5 Å². The summed E-state index contributed by atoms with van der Waals surface area (Å²) in [5.74, 6) is 0.617. The fourth-order valence-corrected chi connectivity index (χ4v) is 2.61. The van der Waals surface area contributed by atoms with Crippen LogP contribution in [0.4, 0.5) is 0 Å². The quantitative estimate of drug-likeness (QED) is 0.911. The highest BCUT2D eigenvalue weighted by Gasteiger charge is 2.21. The molecule has 22 heavy (non-hydrogen) atoms. The van der Waals surface area contributed by atoms with Crippen molar-refractivity contribution in [1.29, 1.82) is 0 Å². The fourth-order valence-electron chi connectivity index (χ4n) is 2.61. The van der Waals surface area contributed by atoms with Crippen molar-refractivity contribution < 1.29 is 14.4 Å². The lowest BCUT2D eigenvalue weighted by atomic mass is 10.1. The van der Waals surface area contributed by atoms with Gasteiger partial charge >= 0.3 is 0 Å². The van der Waals surface area contributed by atoms with Crippen molar-refractivity contribution >= 4 is 5.91 Å². The van der Waals surface area contributed by atoms with Crippen LogP contribution >= 0.6 is 0 Å². The molecule has 1 aliphatic heterocycles. The Balaban J connectivity index is 1.57. The average molecular weight is 301 g/mol. The second kappa shape index (κ2) is 6.72. The molecule has 0 saturated carbocycles. The zero-order chi connectivity index (χ0) is 15.4. The maximum absolute atomic E-state index is 11.4. The second-order valence-corrected chi connectivity index (χ2v) is 5.36. The van der Waals surface area contributed by atoms with Gasteiger partial charge in [0.1, 0.15) is 12.3 Å². The Hall–Kier alpha value is -2.18. The minimum atomic E-state index is -0.414. The number of aliphatic hydroxyl groups excluding tert-OH is 1. The van der Waals surface area contributed by atoms with Crippen LogP contribution in [0, 0.1) is 0 Å². The molecule has 6 heteroatoms. The summed E-state index contributed by atoms with van der Waals surface area (Å²) in [7, 11) is 0. The first-order valence-electron chi connectivity index (χ1n) is 7.38. The number of benzene rings is 1. The molecule has 0 unspecified atom stereocenters. The van der Waals surface area contributed by atoms with Crippen LogP contribution in [-0.4, -0.2) is 58.8 Å². The highest BCUT2D eigenvalue weighted by molar-refractivity contribution is 5.77. The molecule has 6 nitrogen and oxygen atoms in total. The number of hydrogen-bond acceptors (Lipinski definition) is 5. The first-order valence-corrected chi connectivity index (χ1v) is 7.38. The smallest absolute Gasteiger partial charge is 0.248 e. The average Bonchev–Trinajstić information content (AvgIpc) is 3.04. The number of nitrogens with zero attached hydrogens (tertiary/aromatic N) is 3. The van der Waals surface area contributed by atoms with Crippen LogP contribution in [0.2, 0.25) is 0 Å². The topological polar surface area (TPSA) is 69.8 Å². The zero-order valence-corrected chi connectivity index (χ0v) is 12.3. The predicted octanol–water partition coefficient (Wildman–Crippen LogP) is 0.978. The number of carbonyl (C=O) groups is 1. The molecule has 0 spiro atoms. The number of aliphatic hydroxyl groups is 1. The van der Waals surface area contributed by atoms with Gasteiger partial charge in [-0.05, 0) is 0 Å². The number of hydrogen-bond donors (Lipinski definition) is 1. The van der Waals surface area contributed by atoms with E-state index in [1.165, 1.54) is 0 Å². The molecule has 1 aromatic heterocycles. The van der Waals surface area contributed by atoms with Crippen LogP contribution in [0.1, 0.15) is 5.76 Å². The standard InChI is InChI=1S/C16H19N3O3/c20-12-16(21)19-8-6-18(7-9-19)11-14-10-15(17-22-14)13-4-2-1-3-5-13/h1-5,10,20H,6-9,11-12H2. The molecule has 1 saturated heterocycles. The van der Waals surface area contributed by atoms with Gasteiger partial charge in [-0.2, -0.15) is 0 Å². The Kier molecular flexibility index (Phi) is 4.50. The monoisotopic (exact) mass is 301 g/mol. The Bertz CT molecular complexity index is 619. The Morgan fingerprint density at radius 1 is 1.18 bits per heavy atom. The number of rotatable bonds is 4. The second-order valence-electron chi connectivity index (χ2n) is 5.36. The molecule has 2 aromatic rings. The molecule has 0 radical (unpaired) electrons. The molecular formula is C16H19N3O3. The highest BCUT2D eigenvalue weighted by Crippen LogP contribution is 2.19. The third-order valence-electron chi connectivity index (χ3n) is 3.87. The highest BCUT2D eigenvalue weighted by atomic mass is 16.5. The Morgan fingerprint density at radius 2 is 1.91 bits per heavy atom. The minimum Gasteiger partial charge on any atom is -0.387 e. The first-order chi connectivity index (χ1) is 10.8. The summed E-state index contributed by atoms with van der Waals surface area (Å²) < 4.78 is 5.41. The van der Waals surface area contributed by atoms with Gasteiger partial charge in [-0.3, -0.25) is 9.69 Å². The molecule has 0 bridgehead atoms. The SMILES string of the molecule is O=C(CO)N1CCN(Cc2cc(-c3ccccc3)no2)CC1. The van der Waals surface area contributed by atoms with Crippen molar-refractivity contribution in [2.75, 3.05) is 32.8 Å². The van der Waals surface area contributed by atoms with Crippen molar-refractivity contribution in [2.45, 2.75) is 6.54 Å². The maximum Gasteiger partial charge on any atom is 0.248 e.